The fraction of sp³-hybridized carbons (Fsp3) is 0.214. The van der Waals surface area contributed by atoms with Crippen LogP contribution in [0.25, 0.3) is 0 Å². The number of nitrogens with one attached hydrogen (secondary N) is 1. The Kier molecular flexibility index (Phi) is 4.54. The van der Waals surface area contributed by atoms with Crippen LogP contribution in [-0.4, -0.2) is 0 Å². The Balaban J connectivity index is 2.11. The molecule has 0 aliphatic rings. The highest BCUT2D eigenvalue weighted by Gasteiger charge is 2.13. The zero-order valence-electron chi connectivity index (χ0n) is 9.98. The van der Waals surface area contributed by atoms with Crippen LogP contribution < -0.4 is 5.32 Å². The van der Waals surface area contributed by atoms with Gasteiger partial charge in [-0.05, 0) is 35.6 Å². The highest BCUT2D eigenvalue weighted by atomic mass is 79.9. The van der Waals surface area contributed by atoms with Crippen LogP contribution in [0.15, 0.2) is 40.2 Å². The molecule has 0 bridgehead atoms. The monoisotopic (exact) mass is 320 g/mol. The van der Waals surface area contributed by atoms with E-state index in [4.69, 9.17) is 0 Å². The molecule has 1 N–H and O–H groups in total. The Bertz CT molecular complexity index is 558. The highest BCUT2D eigenvalue weighted by Crippen LogP contribution is 2.24. The van der Waals surface area contributed by atoms with Gasteiger partial charge in [-0.15, -0.1) is 11.3 Å². The summed E-state index contributed by atoms with van der Waals surface area (Å²) in [6.07, 6.45) is 0. The molecule has 0 saturated heterocycles. The minimum Gasteiger partial charge on any atom is -0.293 e. The smallest absolute Gasteiger partial charge is 0.122 e. The van der Waals surface area contributed by atoms with E-state index in [1.54, 1.807) is 11.3 Å². The van der Waals surface area contributed by atoms with Crippen molar-refractivity contribution in [2.45, 2.75) is 19.5 Å². The zero-order chi connectivity index (χ0) is 13.0. The van der Waals surface area contributed by atoms with Gasteiger partial charge in [0.25, 0.3) is 0 Å². The lowest BCUT2D eigenvalue weighted by Crippen LogP contribution is -2.19. The molecule has 2 nitrogen and oxygen atoms in total. The summed E-state index contributed by atoms with van der Waals surface area (Å²) in [6, 6.07) is 12.2. The molecule has 1 unspecified atom stereocenters. The van der Waals surface area contributed by atoms with Crippen LogP contribution >= 0.6 is 27.3 Å². The van der Waals surface area contributed by atoms with Crippen LogP contribution in [0.5, 0.6) is 0 Å². The van der Waals surface area contributed by atoms with Crippen molar-refractivity contribution in [3.63, 3.8) is 0 Å². The second-order valence-corrected chi connectivity index (χ2v) is 5.93. The molecule has 2 aromatic rings. The Morgan fingerprint density at radius 1 is 1.44 bits per heavy atom. The summed E-state index contributed by atoms with van der Waals surface area (Å²) < 4.78 is 0.979. The lowest BCUT2D eigenvalue weighted by molar-refractivity contribution is 0.634. The van der Waals surface area contributed by atoms with Crippen molar-refractivity contribution in [1.29, 1.82) is 5.26 Å². The van der Waals surface area contributed by atoms with Crippen LogP contribution in [0, 0.1) is 18.3 Å². The highest BCUT2D eigenvalue weighted by molar-refractivity contribution is 9.10. The van der Waals surface area contributed by atoms with E-state index in [0.29, 0.717) is 0 Å². The van der Waals surface area contributed by atoms with E-state index in [2.05, 4.69) is 33.4 Å². The lowest BCUT2D eigenvalue weighted by Gasteiger charge is -2.13. The number of nitriles is 1. The molecular weight excluding hydrogens is 308 g/mol. The predicted molar refractivity (Wildman–Crippen MR) is 78.4 cm³/mol. The van der Waals surface area contributed by atoms with E-state index in [1.807, 2.05) is 36.6 Å². The molecule has 18 heavy (non-hydrogen) atoms. The van der Waals surface area contributed by atoms with Gasteiger partial charge in [0.15, 0.2) is 0 Å². The van der Waals surface area contributed by atoms with Crippen molar-refractivity contribution < 1.29 is 0 Å². The number of thiophene rings is 1. The summed E-state index contributed by atoms with van der Waals surface area (Å²) in [4.78, 5) is 1.23. The second-order valence-electron chi connectivity index (χ2n) is 4.05. The number of nitrogens with zero attached hydrogens (tertiary/aromatic N) is 1. The van der Waals surface area contributed by atoms with E-state index in [9.17, 15) is 5.26 Å². The molecule has 4 heteroatoms. The summed E-state index contributed by atoms with van der Waals surface area (Å²) in [7, 11) is 0. The average Bonchev–Trinajstić information content (AvgIpc) is 2.85. The molecule has 1 atom stereocenters. The van der Waals surface area contributed by atoms with Crippen LogP contribution in [0.2, 0.25) is 0 Å². The van der Waals surface area contributed by atoms with Gasteiger partial charge in [-0.3, -0.25) is 5.32 Å². The second kappa shape index (κ2) is 6.14. The molecule has 92 valence electrons. The van der Waals surface area contributed by atoms with Crippen molar-refractivity contribution in [1.82, 2.24) is 5.32 Å². The Labute approximate surface area is 119 Å². The van der Waals surface area contributed by atoms with Gasteiger partial charge in [-0.25, -0.2) is 0 Å². The first-order chi connectivity index (χ1) is 8.70. The molecule has 1 heterocycles. The normalized spacial score (nSPS) is 12.1. The van der Waals surface area contributed by atoms with Crippen LogP contribution in [-0.2, 0) is 6.54 Å². The number of benzene rings is 1. The van der Waals surface area contributed by atoms with Gasteiger partial charge in [-0.2, -0.15) is 5.26 Å². The molecule has 0 aliphatic heterocycles. The number of rotatable bonds is 4. The van der Waals surface area contributed by atoms with E-state index >= 15 is 0 Å². The van der Waals surface area contributed by atoms with E-state index in [1.165, 1.54) is 10.4 Å². The summed E-state index contributed by atoms with van der Waals surface area (Å²) in [6.45, 7) is 2.76. The van der Waals surface area contributed by atoms with Gasteiger partial charge in [-0.1, -0.05) is 34.1 Å². The summed E-state index contributed by atoms with van der Waals surface area (Å²) in [5.41, 5.74) is 2.17. The SMILES string of the molecule is Cc1ccc(C(C#N)NCc2cccs2)c(Br)c1. The minimum atomic E-state index is -0.290. The van der Waals surface area contributed by atoms with Gasteiger partial charge in [0.1, 0.15) is 6.04 Å². The number of aryl methyl sites for hydroxylation is 1. The number of hydrogen-bond acceptors (Lipinski definition) is 3. The maximum absolute atomic E-state index is 9.27. The molecular formula is C14H13BrN2S. The summed E-state index contributed by atoms with van der Waals surface area (Å²) in [5.74, 6) is 0. The molecule has 0 spiro atoms. The lowest BCUT2D eigenvalue weighted by atomic mass is 10.1. The van der Waals surface area contributed by atoms with Gasteiger partial charge in [0.05, 0.1) is 6.07 Å². The van der Waals surface area contributed by atoms with Gasteiger partial charge >= 0.3 is 0 Å². The van der Waals surface area contributed by atoms with Gasteiger partial charge in [0.2, 0.25) is 0 Å². The van der Waals surface area contributed by atoms with Crippen molar-refractivity contribution in [3.05, 3.63) is 56.2 Å². The Morgan fingerprint density at radius 3 is 2.89 bits per heavy atom. The van der Waals surface area contributed by atoms with E-state index in [0.717, 1.165) is 16.6 Å². The number of hydrogen-bond donors (Lipinski definition) is 1. The van der Waals surface area contributed by atoms with Gasteiger partial charge < -0.3 is 0 Å². The fourth-order valence-corrected chi connectivity index (χ4v) is 3.09. The zero-order valence-corrected chi connectivity index (χ0v) is 12.4. The third kappa shape index (κ3) is 3.20. The molecule has 0 saturated carbocycles. The average molecular weight is 321 g/mol. The molecule has 1 aromatic heterocycles. The Morgan fingerprint density at radius 2 is 2.28 bits per heavy atom. The first kappa shape index (κ1) is 13.3. The molecule has 0 amide bonds. The van der Waals surface area contributed by atoms with Crippen LogP contribution in [0.3, 0.4) is 0 Å². The first-order valence-electron chi connectivity index (χ1n) is 5.62. The fourth-order valence-electron chi connectivity index (χ4n) is 1.71. The van der Waals surface area contributed by atoms with Crippen molar-refractivity contribution >= 4 is 27.3 Å². The topological polar surface area (TPSA) is 35.8 Å². The minimum absolute atomic E-state index is 0.290. The molecule has 0 aliphatic carbocycles. The van der Waals surface area contributed by atoms with Crippen molar-refractivity contribution in [2.24, 2.45) is 0 Å². The first-order valence-corrected chi connectivity index (χ1v) is 7.29. The maximum Gasteiger partial charge on any atom is 0.122 e. The third-order valence-electron chi connectivity index (χ3n) is 2.66. The van der Waals surface area contributed by atoms with Gasteiger partial charge in [0, 0.05) is 15.9 Å². The van der Waals surface area contributed by atoms with E-state index in [-0.39, 0.29) is 6.04 Å². The molecule has 0 radical (unpaired) electrons. The molecule has 1 aromatic carbocycles. The van der Waals surface area contributed by atoms with Crippen LogP contribution in [0.1, 0.15) is 22.0 Å². The Hall–Kier alpha value is -1.15. The number of halogens is 1. The van der Waals surface area contributed by atoms with Crippen molar-refractivity contribution in [3.8, 4) is 6.07 Å². The maximum atomic E-state index is 9.27. The quantitative estimate of drug-likeness (QED) is 0.917. The summed E-state index contributed by atoms with van der Waals surface area (Å²) >= 11 is 5.21. The molecule has 2 rings (SSSR count). The van der Waals surface area contributed by atoms with Crippen molar-refractivity contribution in [2.75, 3.05) is 0 Å². The summed E-state index contributed by atoms with van der Waals surface area (Å²) in [5, 5.41) is 14.6. The predicted octanol–water partition coefficient (Wildman–Crippen LogP) is 4.17. The third-order valence-corrected chi connectivity index (χ3v) is 4.22. The molecule has 0 fully saturated rings. The van der Waals surface area contributed by atoms with E-state index < -0.39 is 0 Å². The largest absolute Gasteiger partial charge is 0.293 e. The standard InChI is InChI=1S/C14H13BrN2S/c1-10-4-5-12(13(15)7-10)14(8-16)17-9-11-3-2-6-18-11/h2-7,14,17H,9H2,1H3. The van der Waals surface area contributed by atoms with Crippen LogP contribution in [0.4, 0.5) is 0 Å².